The molecule has 1 atom stereocenters. The number of alkyl halides is 1. The molecule has 1 heterocycles. The lowest BCUT2D eigenvalue weighted by Gasteiger charge is -2.03. The highest BCUT2D eigenvalue weighted by Crippen LogP contribution is 2.37. The van der Waals surface area contributed by atoms with E-state index in [1.165, 1.54) is 19.2 Å². The molecule has 1 aromatic carbocycles. The second-order valence-electron chi connectivity index (χ2n) is 3.49. The maximum atomic E-state index is 11.7. The molecule has 1 aliphatic heterocycles. The Balaban J connectivity index is 2.59. The van der Waals surface area contributed by atoms with Crippen molar-refractivity contribution in [1.29, 1.82) is 0 Å². The lowest BCUT2D eigenvalue weighted by Crippen LogP contribution is -2.04. The summed E-state index contributed by atoms with van der Waals surface area (Å²) < 4.78 is 27.9. The van der Waals surface area contributed by atoms with Gasteiger partial charge in [0, 0.05) is 0 Å². The number of carbonyl (C=O) groups is 1. The number of halogens is 1. The van der Waals surface area contributed by atoms with E-state index in [9.17, 15) is 13.2 Å². The van der Waals surface area contributed by atoms with Crippen LogP contribution in [0.4, 0.5) is 0 Å². The van der Waals surface area contributed by atoms with E-state index >= 15 is 0 Å². The average Bonchev–Trinajstić information content (AvgIpc) is 2.48. The molecule has 0 amide bonds. The third-order valence-corrected chi connectivity index (χ3v) is 4.84. The molecule has 0 saturated heterocycles. The molecule has 16 heavy (non-hydrogen) atoms. The third kappa shape index (κ3) is 1.70. The summed E-state index contributed by atoms with van der Waals surface area (Å²) in [7, 11) is -2.11. The highest BCUT2D eigenvalue weighted by Gasteiger charge is 2.34. The van der Waals surface area contributed by atoms with Crippen molar-refractivity contribution in [3.05, 3.63) is 29.3 Å². The topological polar surface area (TPSA) is 60.4 Å². The van der Waals surface area contributed by atoms with Gasteiger partial charge >= 0.3 is 5.97 Å². The number of fused-ring (bicyclic) bond motifs is 1. The van der Waals surface area contributed by atoms with Gasteiger partial charge in [-0.2, -0.15) is 0 Å². The van der Waals surface area contributed by atoms with Gasteiger partial charge in [-0.25, -0.2) is 13.2 Å². The van der Waals surface area contributed by atoms with Gasteiger partial charge in [0.05, 0.1) is 28.7 Å². The van der Waals surface area contributed by atoms with E-state index in [2.05, 4.69) is 4.74 Å². The SMILES string of the molecule is COC(=O)c1ccc2c(c1)S(=O)(=O)CC2Cl. The quantitative estimate of drug-likeness (QED) is 0.568. The van der Waals surface area contributed by atoms with Gasteiger partial charge in [-0.05, 0) is 17.7 Å². The number of rotatable bonds is 1. The molecule has 1 aromatic rings. The van der Waals surface area contributed by atoms with Crippen LogP contribution in [0.1, 0.15) is 21.3 Å². The molecule has 2 rings (SSSR count). The van der Waals surface area contributed by atoms with Crippen molar-refractivity contribution in [3.63, 3.8) is 0 Å². The second-order valence-corrected chi connectivity index (χ2v) is 6.02. The zero-order valence-corrected chi connectivity index (χ0v) is 10.0. The molecule has 1 aliphatic rings. The largest absolute Gasteiger partial charge is 0.465 e. The number of esters is 1. The lowest BCUT2D eigenvalue weighted by atomic mass is 10.1. The van der Waals surface area contributed by atoms with Crippen molar-refractivity contribution in [1.82, 2.24) is 0 Å². The summed E-state index contributed by atoms with van der Waals surface area (Å²) in [5.74, 6) is -0.676. The van der Waals surface area contributed by atoms with E-state index in [0.717, 1.165) is 0 Å². The van der Waals surface area contributed by atoms with E-state index in [-0.39, 0.29) is 16.2 Å². The van der Waals surface area contributed by atoms with Crippen LogP contribution in [-0.4, -0.2) is 27.2 Å². The number of carbonyl (C=O) groups excluding carboxylic acids is 1. The molecule has 1 unspecified atom stereocenters. The van der Waals surface area contributed by atoms with Gasteiger partial charge in [-0.3, -0.25) is 0 Å². The Kier molecular flexibility index (Phi) is 2.67. The van der Waals surface area contributed by atoms with Crippen LogP contribution in [0.2, 0.25) is 0 Å². The molecule has 6 heteroatoms. The zero-order valence-electron chi connectivity index (χ0n) is 8.44. The van der Waals surface area contributed by atoms with Gasteiger partial charge in [0.25, 0.3) is 0 Å². The monoisotopic (exact) mass is 260 g/mol. The summed E-state index contributed by atoms with van der Waals surface area (Å²) in [5.41, 5.74) is 0.768. The molecule has 86 valence electrons. The fourth-order valence-electron chi connectivity index (χ4n) is 1.68. The third-order valence-electron chi connectivity index (χ3n) is 2.47. The minimum Gasteiger partial charge on any atom is -0.465 e. The van der Waals surface area contributed by atoms with Crippen molar-refractivity contribution in [3.8, 4) is 0 Å². The first kappa shape index (κ1) is 11.4. The average molecular weight is 261 g/mol. The first-order valence-electron chi connectivity index (χ1n) is 4.55. The second kappa shape index (κ2) is 3.75. The van der Waals surface area contributed by atoms with Crippen LogP contribution in [0.25, 0.3) is 0 Å². The van der Waals surface area contributed by atoms with Gasteiger partial charge < -0.3 is 4.74 Å². The van der Waals surface area contributed by atoms with Crippen molar-refractivity contribution in [2.45, 2.75) is 10.3 Å². The van der Waals surface area contributed by atoms with Crippen LogP contribution in [0, 0.1) is 0 Å². The Labute approximate surface area is 98.1 Å². The van der Waals surface area contributed by atoms with Crippen LogP contribution >= 0.6 is 11.6 Å². The summed E-state index contributed by atoms with van der Waals surface area (Å²) in [6.07, 6.45) is 0. The standard InChI is InChI=1S/C10H9ClO4S/c1-15-10(12)6-2-3-7-8(11)5-16(13,14)9(7)4-6/h2-4,8H,5H2,1H3. The normalized spacial score (nSPS) is 21.5. The molecule has 0 spiro atoms. The molecule has 4 nitrogen and oxygen atoms in total. The van der Waals surface area contributed by atoms with Crippen molar-refractivity contribution in [2.75, 3.05) is 12.9 Å². The van der Waals surface area contributed by atoms with Crippen molar-refractivity contribution >= 4 is 27.4 Å². The van der Waals surface area contributed by atoms with E-state index in [0.29, 0.717) is 5.56 Å². The molecule has 0 aliphatic carbocycles. The number of hydrogen-bond donors (Lipinski definition) is 0. The molecule has 0 N–H and O–H groups in total. The Morgan fingerprint density at radius 1 is 1.50 bits per heavy atom. The highest BCUT2D eigenvalue weighted by molar-refractivity contribution is 7.91. The fraction of sp³-hybridized carbons (Fsp3) is 0.300. The first-order valence-corrected chi connectivity index (χ1v) is 6.63. The fourth-order valence-corrected chi connectivity index (χ4v) is 4.05. The molecular weight excluding hydrogens is 252 g/mol. The van der Waals surface area contributed by atoms with Crippen molar-refractivity contribution < 1.29 is 17.9 Å². The molecule has 0 aromatic heterocycles. The van der Waals surface area contributed by atoms with Crippen LogP contribution in [0.5, 0.6) is 0 Å². The van der Waals surface area contributed by atoms with Gasteiger partial charge in [-0.15, -0.1) is 11.6 Å². The van der Waals surface area contributed by atoms with E-state index in [1.54, 1.807) is 6.07 Å². The van der Waals surface area contributed by atoms with E-state index in [1.807, 2.05) is 0 Å². The Hall–Kier alpha value is -1.07. The summed E-state index contributed by atoms with van der Waals surface area (Å²) in [6, 6.07) is 4.39. The molecular formula is C10H9ClO4S. The minimum absolute atomic E-state index is 0.117. The maximum absolute atomic E-state index is 11.7. The van der Waals surface area contributed by atoms with Crippen LogP contribution in [-0.2, 0) is 14.6 Å². The van der Waals surface area contributed by atoms with Crippen molar-refractivity contribution in [2.24, 2.45) is 0 Å². The minimum atomic E-state index is -3.36. The molecule has 0 fully saturated rings. The van der Waals surface area contributed by atoms with Gasteiger partial charge in [0.1, 0.15) is 0 Å². The predicted octanol–water partition coefficient (Wildman–Crippen LogP) is 1.54. The summed E-state index contributed by atoms with van der Waals surface area (Å²) in [5, 5.41) is -0.535. The summed E-state index contributed by atoms with van der Waals surface area (Å²) in [4.78, 5) is 11.4. The molecule has 0 bridgehead atoms. The van der Waals surface area contributed by atoms with E-state index < -0.39 is 21.2 Å². The summed E-state index contributed by atoms with van der Waals surface area (Å²) >= 11 is 5.90. The maximum Gasteiger partial charge on any atom is 0.337 e. The lowest BCUT2D eigenvalue weighted by molar-refractivity contribution is 0.0600. The van der Waals surface area contributed by atoms with Crippen LogP contribution in [0.3, 0.4) is 0 Å². The Bertz CT molecular complexity index is 550. The highest BCUT2D eigenvalue weighted by atomic mass is 35.5. The predicted molar refractivity (Wildman–Crippen MR) is 58.4 cm³/mol. The van der Waals surface area contributed by atoms with Crippen LogP contribution in [0.15, 0.2) is 23.1 Å². The Morgan fingerprint density at radius 3 is 2.81 bits per heavy atom. The smallest absolute Gasteiger partial charge is 0.337 e. The van der Waals surface area contributed by atoms with Gasteiger partial charge in [0.2, 0.25) is 0 Å². The van der Waals surface area contributed by atoms with E-state index in [4.69, 9.17) is 11.6 Å². The number of sulfone groups is 1. The number of ether oxygens (including phenoxy) is 1. The molecule has 0 radical (unpaired) electrons. The van der Waals surface area contributed by atoms with Gasteiger partial charge in [-0.1, -0.05) is 6.07 Å². The number of benzene rings is 1. The summed E-state index contributed by atoms with van der Waals surface area (Å²) in [6.45, 7) is 0. The Morgan fingerprint density at radius 2 is 2.19 bits per heavy atom. The first-order chi connectivity index (χ1) is 7.45. The van der Waals surface area contributed by atoms with Crippen LogP contribution < -0.4 is 0 Å². The number of hydrogen-bond acceptors (Lipinski definition) is 4. The zero-order chi connectivity index (χ0) is 11.9. The molecule has 0 saturated carbocycles. The number of methoxy groups -OCH3 is 1. The van der Waals surface area contributed by atoms with Gasteiger partial charge in [0.15, 0.2) is 9.84 Å².